The first-order valence-corrected chi connectivity index (χ1v) is 10.6. The van der Waals surface area contributed by atoms with Gasteiger partial charge in [0.1, 0.15) is 10.8 Å². The van der Waals surface area contributed by atoms with Gasteiger partial charge in [0.2, 0.25) is 0 Å². The summed E-state index contributed by atoms with van der Waals surface area (Å²) < 4.78 is 32.0. The maximum Gasteiger partial charge on any atom is 0.254 e. The lowest BCUT2D eigenvalue weighted by atomic mass is 10.1. The first-order valence-electron chi connectivity index (χ1n) is 9.61. The number of aryl methyl sites for hydroxylation is 1. The Hall–Kier alpha value is -2.19. The highest BCUT2D eigenvalue weighted by molar-refractivity contribution is 7.99. The SMILES string of the molecule is CCSc1nc(N2CCOC[C@H]2C)cc(C)c1C(=O)NCc1ccc(F)c(F)c1. The Bertz CT molecular complexity index is 894. The van der Waals surface area contributed by atoms with E-state index in [9.17, 15) is 13.6 Å². The first kappa shape index (κ1) is 21.5. The van der Waals surface area contributed by atoms with Gasteiger partial charge in [-0.15, -0.1) is 11.8 Å². The second-order valence-corrected chi connectivity index (χ2v) is 8.21. The smallest absolute Gasteiger partial charge is 0.254 e. The minimum Gasteiger partial charge on any atom is -0.377 e. The number of morpholine rings is 1. The van der Waals surface area contributed by atoms with Crippen LogP contribution in [0.2, 0.25) is 0 Å². The van der Waals surface area contributed by atoms with E-state index in [-0.39, 0.29) is 18.5 Å². The third-order valence-electron chi connectivity index (χ3n) is 4.78. The molecule has 1 amide bonds. The number of nitrogens with zero attached hydrogens (tertiary/aromatic N) is 2. The van der Waals surface area contributed by atoms with Crippen molar-refractivity contribution in [2.24, 2.45) is 0 Å². The van der Waals surface area contributed by atoms with Crippen LogP contribution in [0.1, 0.15) is 35.3 Å². The van der Waals surface area contributed by atoms with Crippen molar-refractivity contribution in [1.82, 2.24) is 10.3 Å². The molecule has 1 fully saturated rings. The zero-order valence-electron chi connectivity index (χ0n) is 16.8. The van der Waals surface area contributed by atoms with Crippen LogP contribution in [-0.2, 0) is 11.3 Å². The molecule has 1 aliphatic rings. The number of rotatable bonds is 6. The summed E-state index contributed by atoms with van der Waals surface area (Å²) >= 11 is 1.51. The molecule has 1 aromatic heterocycles. The van der Waals surface area contributed by atoms with E-state index >= 15 is 0 Å². The summed E-state index contributed by atoms with van der Waals surface area (Å²) in [5.74, 6) is -0.503. The topological polar surface area (TPSA) is 54.5 Å². The van der Waals surface area contributed by atoms with Crippen LogP contribution in [0.15, 0.2) is 29.3 Å². The molecule has 0 saturated carbocycles. The van der Waals surface area contributed by atoms with Crippen molar-refractivity contribution in [3.63, 3.8) is 0 Å². The molecule has 2 heterocycles. The lowest BCUT2D eigenvalue weighted by Gasteiger charge is -2.34. The van der Waals surface area contributed by atoms with Crippen molar-refractivity contribution in [2.45, 2.75) is 38.4 Å². The van der Waals surface area contributed by atoms with Gasteiger partial charge >= 0.3 is 0 Å². The van der Waals surface area contributed by atoms with Crippen LogP contribution in [0.5, 0.6) is 0 Å². The predicted octanol–water partition coefficient (Wildman–Crippen LogP) is 3.94. The molecule has 8 heteroatoms. The number of hydrogen-bond donors (Lipinski definition) is 1. The molecule has 156 valence electrons. The van der Waals surface area contributed by atoms with E-state index in [0.29, 0.717) is 29.4 Å². The summed E-state index contributed by atoms with van der Waals surface area (Å²) in [6.07, 6.45) is 0. The summed E-state index contributed by atoms with van der Waals surface area (Å²) in [5.41, 5.74) is 1.84. The standard InChI is InChI=1S/C21H25F2N3O2S/c1-4-29-21-19(20(27)24-11-15-5-6-16(22)17(23)10-15)13(2)9-18(25-21)26-7-8-28-12-14(26)3/h5-6,9-10,14H,4,7-8,11-12H2,1-3H3,(H,24,27)/t14-/m1/s1. The number of hydrogen-bond acceptors (Lipinski definition) is 5. The van der Waals surface area contributed by atoms with Crippen LogP contribution in [0.3, 0.4) is 0 Å². The maximum atomic E-state index is 13.4. The Labute approximate surface area is 173 Å². The van der Waals surface area contributed by atoms with E-state index in [2.05, 4.69) is 17.1 Å². The third kappa shape index (κ3) is 5.05. The van der Waals surface area contributed by atoms with Gasteiger partial charge in [0.05, 0.1) is 24.8 Å². The lowest BCUT2D eigenvalue weighted by molar-refractivity contribution is 0.0945. The van der Waals surface area contributed by atoms with E-state index in [0.717, 1.165) is 35.8 Å². The van der Waals surface area contributed by atoms with Crippen LogP contribution in [0.25, 0.3) is 0 Å². The number of aromatic nitrogens is 1. The third-order valence-corrected chi connectivity index (χ3v) is 5.63. The number of anilines is 1. The molecule has 2 aromatic rings. The summed E-state index contributed by atoms with van der Waals surface area (Å²) in [7, 11) is 0. The molecular formula is C21H25F2N3O2S. The Balaban J connectivity index is 1.82. The number of pyridine rings is 1. The van der Waals surface area contributed by atoms with Gasteiger partial charge < -0.3 is 15.0 Å². The quantitative estimate of drug-likeness (QED) is 0.716. The predicted molar refractivity (Wildman–Crippen MR) is 111 cm³/mol. The Kier molecular flexibility index (Phi) is 7.08. The molecule has 3 rings (SSSR count). The second kappa shape index (κ2) is 9.54. The number of nitrogens with one attached hydrogen (secondary N) is 1. The van der Waals surface area contributed by atoms with Gasteiger partial charge in [-0.25, -0.2) is 13.8 Å². The van der Waals surface area contributed by atoms with Gasteiger partial charge in [-0.05, 0) is 48.9 Å². The zero-order valence-corrected chi connectivity index (χ0v) is 17.6. The highest BCUT2D eigenvalue weighted by Gasteiger charge is 2.24. The van der Waals surface area contributed by atoms with Crippen LogP contribution < -0.4 is 10.2 Å². The minimum absolute atomic E-state index is 0.105. The number of thioether (sulfide) groups is 1. The molecule has 1 N–H and O–H groups in total. The van der Waals surface area contributed by atoms with Crippen molar-refractivity contribution in [3.8, 4) is 0 Å². The number of carbonyl (C=O) groups excluding carboxylic acids is 1. The van der Waals surface area contributed by atoms with Gasteiger partial charge in [-0.3, -0.25) is 4.79 Å². The van der Waals surface area contributed by atoms with Gasteiger partial charge in [0.25, 0.3) is 5.91 Å². The molecular weight excluding hydrogens is 396 g/mol. The second-order valence-electron chi connectivity index (χ2n) is 6.96. The van der Waals surface area contributed by atoms with Gasteiger partial charge in [-0.1, -0.05) is 13.0 Å². The van der Waals surface area contributed by atoms with Crippen LogP contribution in [0.4, 0.5) is 14.6 Å². The highest BCUT2D eigenvalue weighted by Crippen LogP contribution is 2.29. The fourth-order valence-electron chi connectivity index (χ4n) is 3.28. The normalized spacial score (nSPS) is 16.7. The molecule has 0 bridgehead atoms. The number of amides is 1. The maximum absolute atomic E-state index is 13.4. The van der Waals surface area contributed by atoms with Crippen molar-refractivity contribution in [2.75, 3.05) is 30.4 Å². The van der Waals surface area contributed by atoms with E-state index in [4.69, 9.17) is 9.72 Å². The summed E-state index contributed by atoms with van der Waals surface area (Å²) in [6, 6.07) is 5.73. The molecule has 1 aromatic carbocycles. The Morgan fingerprint density at radius 2 is 2.14 bits per heavy atom. The lowest BCUT2D eigenvalue weighted by Crippen LogP contribution is -2.44. The van der Waals surface area contributed by atoms with Crippen LogP contribution >= 0.6 is 11.8 Å². The number of carbonyl (C=O) groups is 1. The summed E-state index contributed by atoms with van der Waals surface area (Å²) in [4.78, 5) is 19.8. The van der Waals surface area contributed by atoms with Gasteiger partial charge in [-0.2, -0.15) is 0 Å². The van der Waals surface area contributed by atoms with Crippen molar-refractivity contribution < 1.29 is 18.3 Å². The number of halogens is 2. The molecule has 1 saturated heterocycles. The molecule has 0 aliphatic carbocycles. The summed E-state index contributed by atoms with van der Waals surface area (Å²) in [5, 5.41) is 3.46. The van der Waals surface area contributed by atoms with Crippen molar-refractivity contribution >= 4 is 23.5 Å². The van der Waals surface area contributed by atoms with E-state index in [1.54, 1.807) is 0 Å². The molecule has 0 unspecified atom stereocenters. The van der Waals surface area contributed by atoms with E-state index < -0.39 is 11.6 Å². The van der Waals surface area contributed by atoms with E-state index in [1.165, 1.54) is 17.8 Å². The van der Waals surface area contributed by atoms with Gasteiger partial charge in [0.15, 0.2) is 11.6 Å². The minimum atomic E-state index is -0.930. The molecule has 5 nitrogen and oxygen atoms in total. The average molecular weight is 422 g/mol. The first-order chi connectivity index (χ1) is 13.9. The highest BCUT2D eigenvalue weighted by atomic mass is 32.2. The average Bonchev–Trinajstić information content (AvgIpc) is 2.69. The number of ether oxygens (including phenoxy) is 1. The van der Waals surface area contributed by atoms with Gasteiger partial charge in [0, 0.05) is 13.1 Å². The fraction of sp³-hybridized carbons (Fsp3) is 0.429. The summed E-state index contributed by atoms with van der Waals surface area (Å²) in [6.45, 7) is 8.15. The molecule has 1 aliphatic heterocycles. The largest absolute Gasteiger partial charge is 0.377 e. The van der Waals surface area contributed by atoms with Crippen molar-refractivity contribution in [3.05, 3.63) is 52.6 Å². The van der Waals surface area contributed by atoms with Crippen LogP contribution in [0, 0.1) is 18.6 Å². The Morgan fingerprint density at radius 3 is 2.83 bits per heavy atom. The fourth-order valence-corrected chi connectivity index (χ4v) is 4.11. The molecule has 0 spiro atoms. The van der Waals surface area contributed by atoms with Crippen LogP contribution in [-0.4, -0.2) is 42.4 Å². The Morgan fingerprint density at radius 1 is 1.34 bits per heavy atom. The molecule has 1 atom stereocenters. The van der Waals surface area contributed by atoms with Crippen molar-refractivity contribution in [1.29, 1.82) is 0 Å². The number of benzene rings is 1. The monoisotopic (exact) mass is 421 g/mol. The molecule has 0 radical (unpaired) electrons. The van der Waals surface area contributed by atoms with E-state index in [1.807, 2.05) is 19.9 Å². The zero-order chi connectivity index (χ0) is 21.0. The molecule has 29 heavy (non-hydrogen) atoms.